The standard InChI is InChI=1S/C10H14FN3O4S/c11-19(17,18)7-8-3-10(16)14(5-8)9-4-12-13(6-9)1-2-15/h4,6,8,15H,1-3,5,7H2. The molecule has 1 saturated heterocycles. The predicted molar refractivity (Wildman–Crippen MR) is 64.7 cm³/mol. The summed E-state index contributed by atoms with van der Waals surface area (Å²) in [6, 6.07) is 0. The number of hydrogen-bond donors (Lipinski definition) is 1. The largest absolute Gasteiger partial charge is 0.394 e. The first-order chi connectivity index (χ1) is 8.89. The van der Waals surface area contributed by atoms with Crippen molar-refractivity contribution in [3.05, 3.63) is 12.4 Å². The average molecular weight is 291 g/mol. The van der Waals surface area contributed by atoms with Crippen molar-refractivity contribution in [2.24, 2.45) is 5.92 Å². The summed E-state index contributed by atoms with van der Waals surface area (Å²) in [5.41, 5.74) is 0.525. The molecule has 1 fully saturated rings. The zero-order chi connectivity index (χ0) is 14.0. The van der Waals surface area contributed by atoms with Gasteiger partial charge in [-0.05, 0) is 0 Å². The summed E-state index contributed by atoms with van der Waals surface area (Å²) in [4.78, 5) is 13.1. The second kappa shape index (κ2) is 5.25. The molecule has 1 aliphatic heterocycles. The Morgan fingerprint density at radius 1 is 1.53 bits per heavy atom. The van der Waals surface area contributed by atoms with Crippen LogP contribution in [0.4, 0.5) is 9.57 Å². The number of amides is 1. The number of nitrogens with zero attached hydrogens (tertiary/aromatic N) is 3. The van der Waals surface area contributed by atoms with Crippen LogP contribution in [0.1, 0.15) is 6.42 Å². The molecular formula is C10H14FN3O4S. The number of aromatic nitrogens is 2. The number of aliphatic hydroxyl groups excluding tert-OH is 1. The lowest BCUT2D eigenvalue weighted by atomic mass is 10.1. The van der Waals surface area contributed by atoms with Gasteiger partial charge in [-0.3, -0.25) is 9.48 Å². The summed E-state index contributed by atoms with van der Waals surface area (Å²) < 4.78 is 35.2. The highest BCUT2D eigenvalue weighted by atomic mass is 32.3. The van der Waals surface area contributed by atoms with E-state index in [0.29, 0.717) is 12.2 Å². The molecule has 1 aromatic heterocycles. The van der Waals surface area contributed by atoms with Crippen molar-refractivity contribution in [3.63, 3.8) is 0 Å². The quantitative estimate of drug-likeness (QED) is 0.740. The van der Waals surface area contributed by atoms with E-state index in [1.807, 2.05) is 0 Å². The molecule has 2 rings (SSSR count). The van der Waals surface area contributed by atoms with Gasteiger partial charge in [0.1, 0.15) is 0 Å². The average Bonchev–Trinajstić information content (AvgIpc) is 2.84. The van der Waals surface area contributed by atoms with Crippen LogP contribution in [0.2, 0.25) is 0 Å². The van der Waals surface area contributed by atoms with Gasteiger partial charge in [-0.1, -0.05) is 0 Å². The number of carbonyl (C=O) groups excluding carboxylic acids is 1. The number of hydrogen-bond acceptors (Lipinski definition) is 5. The molecule has 0 aromatic carbocycles. The Kier molecular flexibility index (Phi) is 3.85. The van der Waals surface area contributed by atoms with E-state index in [-0.39, 0.29) is 25.5 Å². The third kappa shape index (κ3) is 3.51. The van der Waals surface area contributed by atoms with Gasteiger partial charge in [-0.25, -0.2) is 0 Å². The maximum Gasteiger partial charge on any atom is 0.302 e. The second-order valence-corrected chi connectivity index (χ2v) is 5.88. The van der Waals surface area contributed by atoms with Gasteiger partial charge in [0.2, 0.25) is 5.91 Å². The maximum absolute atomic E-state index is 12.6. The molecule has 1 aliphatic rings. The number of rotatable bonds is 5. The topological polar surface area (TPSA) is 92.5 Å². The van der Waals surface area contributed by atoms with Crippen molar-refractivity contribution < 1.29 is 22.2 Å². The van der Waals surface area contributed by atoms with Crippen LogP contribution in [-0.2, 0) is 21.6 Å². The summed E-state index contributed by atoms with van der Waals surface area (Å²) >= 11 is 0. The molecule has 0 bridgehead atoms. The van der Waals surface area contributed by atoms with E-state index in [9.17, 15) is 17.1 Å². The third-order valence-corrected chi connectivity index (χ3v) is 3.77. The van der Waals surface area contributed by atoms with Crippen LogP contribution in [-0.4, -0.2) is 48.1 Å². The van der Waals surface area contributed by atoms with Crippen molar-refractivity contribution in [3.8, 4) is 0 Å². The summed E-state index contributed by atoms with van der Waals surface area (Å²) in [6.45, 7) is 0.398. The van der Waals surface area contributed by atoms with Crippen LogP contribution in [0.25, 0.3) is 0 Å². The third-order valence-electron chi connectivity index (χ3n) is 2.90. The number of anilines is 1. The smallest absolute Gasteiger partial charge is 0.302 e. The van der Waals surface area contributed by atoms with E-state index >= 15 is 0 Å². The van der Waals surface area contributed by atoms with E-state index in [0.717, 1.165) is 0 Å². The fourth-order valence-corrected chi connectivity index (χ4v) is 2.93. The summed E-state index contributed by atoms with van der Waals surface area (Å²) in [5, 5.41) is 12.7. The minimum Gasteiger partial charge on any atom is -0.394 e. The number of halogens is 1. The minimum atomic E-state index is -4.57. The molecule has 1 aromatic rings. The van der Waals surface area contributed by atoms with Crippen LogP contribution >= 0.6 is 0 Å². The molecule has 106 valence electrons. The summed E-state index contributed by atoms with van der Waals surface area (Å²) in [5.74, 6) is -1.43. The molecule has 19 heavy (non-hydrogen) atoms. The van der Waals surface area contributed by atoms with E-state index in [1.165, 1.54) is 15.8 Å². The van der Waals surface area contributed by atoms with Crippen LogP contribution in [0.3, 0.4) is 0 Å². The first kappa shape index (κ1) is 13.9. The van der Waals surface area contributed by atoms with Gasteiger partial charge in [0.05, 0.1) is 30.8 Å². The molecule has 1 unspecified atom stereocenters. The highest BCUT2D eigenvalue weighted by Crippen LogP contribution is 2.25. The Morgan fingerprint density at radius 2 is 2.26 bits per heavy atom. The molecule has 1 N–H and O–H groups in total. The summed E-state index contributed by atoms with van der Waals surface area (Å²) in [7, 11) is -4.57. The fraction of sp³-hybridized carbons (Fsp3) is 0.600. The van der Waals surface area contributed by atoms with Gasteiger partial charge in [0.25, 0.3) is 0 Å². The normalized spacial score (nSPS) is 20.2. The lowest BCUT2D eigenvalue weighted by molar-refractivity contribution is -0.117. The van der Waals surface area contributed by atoms with E-state index in [2.05, 4.69) is 5.10 Å². The summed E-state index contributed by atoms with van der Waals surface area (Å²) in [6.07, 6.45) is 3.05. The fourth-order valence-electron chi connectivity index (χ4n) is 2.14. The Hall–Kier alpha value is -1.48. The molecule has 0 aliphatic carbocycles. The van der Waals surface area contributed by atoms with Crippen LogP contribution in [0, 0.1) is 5.92 Å². The van der Waals surface area contributed by atoms with Gasteiger partial charge in [-0.15, -0.1) is 3.89 Å². The zero-order valence-corrected chi connectivity index (χ0v) is 10.9. The lowest BCUT2D eigenvalue weighted by Gasteiger charge is -2.13. The second-order valence-electron chi connectivity index (χ2n) is 4.47. The number of aliphatic hydroxyl groups is 1. The number of carbonyl (C=O) groups is 1. The molecule has 7 nitrogen and oxygen atoms in total. The molecule has 0 radical (unpaired) electrons. The molecule has 0 saturated carbocycles. The van der Waals surface area contributed by atoms with Gasteiger partial charge in [-0.2, -0.15) is 13.5 Å². The van der Waals surface area contributed by atoms with Crippen LogP contribution in [0.15, 0.2) is 12.4 Å². The Morgan fingerprint density at radius 3 is 2.89 bits per heavy atom. The Bertz CT molecular complexity index is 571. The Balaban J connectivity index is 2.06. The highest BCUT2D eigenvalue weighted by molar-refractivity contribution is 7.86. The van der Waals surface area contributed by atoms with Crippen molar-refractivity contribution in [1.82, 2.24) is 9.78 Å². The van der Waals surface area contributed by atoms with E-state index < -0.39 is 21.9 Å². The SMILES string of the molecule is O=C1CC(CS(=O)(=O)F)CN1c1cnn(CCO)c1. The monoisotopic (exact) mass is 291 g/mol. The Labute approximate surface area is 109 Å². The van der Waals surface area contributed by atoms with Crippen molar-refractivity contribution in [2.75, 3.05) is 23.8 Å². The van der Waals surface area contributed by atoms with E-state index in [4.69, 9.17) is 5.11 Å². The predicted octanol–water partition coefficient (Wildman–Crippen LogP) is -0.472. The van der Waals surface area contributed by atoms with Crippen LogP contribution < -0.4 is 4.90 Å². The highest BCUT2D eigenvalue weighted by Gasteiger charge is 2.34. The van der Waals surface area contributed by atoms with Gasteiger partial charge in [0, 0.05) is 25.1 Å². The zero-order valence-electron chi connectivity index (χ0n) is 10.1. The molecule has 1 amide bonds. The molecular weight excluding hydrogens is 277 g/mol. The van der Waals surface area contributed by atoms with Crippen molar-refractivity contribution >= 4 is 21.8 Å². The molecule has 0 spiro atoms. The van der Waals surface area contributed by atoms with Crippen molar-refractivity contribution in [2.45, 2.75) is 13.0 Å². The van der Waals surface area contributed by atoms with Crippen molar-refractivity contribution in [1.29, 1.82) is 0 Å². The molecule has 2 heterocycles. The lowest BCUT2D eigenvalue weighted by Crippen LogP contribution is -2.25. The molecule has 1 atom stereocenters. The maximum atomic E-state index is 12.6. The van der Waals surface area contributed by atoms with Gasteiger partial charge >= 0.3 is 10.2 Å². The minimum absolute atomic E-state index is 0.00826. The van der Waals surface area contributed by atoms with E-state index in [1.54, 1.807) is 6.20 Å². The van der Waals surface area contributed by atoms with Crippen LogP contribution in [0.5, 0.6) is 0 Å². The van der Waals surface area contributed by atoms with Gasteiger partial charge in [0.15, 0.2) is 0 Å². The first-order valence-corrected chi connectivity index (χ1v) is 7.30. The first-order valence-electron chi connectivity index (χ1n) is 5.75. The van der Waals surface area contributed by atoms with Gasteiger partial charge < -0.3 is 10.0 Å². The molecule has 9 heteroatoms.